The Balaban J connectivity index is 4.26. The molecule has 0 aromatic rings. The minimum Gasteiger partial charge on any atom is -0.457 e. The highest BCUT2D eigenvalue weighted by molar-refractivity contribution is 7.47. The molecule has 0 fully saturated rings. The molecule has 0 rings (SSSR count). The number of carbonyl (C=O) groups is 1. The van der Waals surface area contributed by atoms with Crippen LogP contribution in [0.15, 0.2) is 48.6 Å². The molecule has 9 heteroatoms. The lowest BCUT2D eigenvalue weighted by Crippen LogP contribution is -2.37. The van der Waals surface area contributed by atoms with Crippen LogP contribution < -0.4 is 0 Å². The first-order valence-corrected chi connectivity index (χ1v) is 23.9. The van der Waals surface area contributed by atoms with Crippen molar-refractivity contribution in [3.8, 4) is 0 Å². The number of phosphoric acid groups is 1. The second-order valence-electron chi connectivity index (χ2n) is 16.1. The second kappa shape index (κ2) is 39.3. The molecule has 0 radical (unpaired) electrons. The third-order valence-corrected chi connectivity index (χ3v) is 10.3. The second-order valence-corrected chi connectivity index (χ2v) is 17.5. The lowest BCUT2D eigenvalue weighted by molar-refractivity contribution is -0.870. The van der Waals surface area contributed by atoms with Gasteiger partial charge in [0.2, 0.25) is 0 Å². The van der Waals surface area contributed by atoms with Crippen LogP contribution in [0.4, 0.5) is 0 Å². The van der Waals surface area contributed by atoms with Crippen LogP contribution in [0, 0.1) is 0 Å². The molecule has 0 aromatic carbocycles. The van der Waals surface area contributed by atoms with E-state index in [0.717, 1.165) is 64.2 Å². The average Bonchev–Trinajstić information content (AvgIpc) is 3.13. The van der Waals surface area contributed by atoms with Crippen LogP contribution in [-0.2, 0) is 27.9 Å². The van der Waals surface area contributed by atoms with Gasteiger partial charge in [0.1, 0.15) is 19.3 Å². The van der Waals surface area contributed by atoms with Crippen LogP contribution >= 0.6 is 7.82 Å². The van der Waals surface area contributed by atoms with Gasteiger partial charge in [-0.2, -0.15) is 0 Å². The average molecular weight is 797 g/mol. The van der Waals surface area contributed by atoms with E-state index in [-0.39, 0.29) is 25.8 Å². The zero-order valence-corrected chi connectivity index (χ0v) is 37.3. The van der Waals surface area contributed by atoms with Crippen LogP contribution in [0.2, 0.25) is 0 Å². The Morgan fingerprint density at radius 1 is 0.564 bits per heavy atom. The SMILES string of the molecule is CCCCC/C=C\C/C=C\CCCCCCCCCCOCC(COP(=O)(O)OCC[N+](C)(C)C)OC(=O)CCCCCCC/C=C\C/C=C\CCCCC. The Bertz CT molecular complexity index is 1020. The third-order valence-electron chi connectivity index (χ3n) is 9.36. The van der Waals surface area contributed by atoms with Gasteiger partial charge in [0, 0.05) is 13.0 Å². The molecule has 0 aliphatic heterocycles. The molecule has 55 heavy (non-hydrogen) atoms. The summed E-state index contributed by atoms with van der Waals surface area (Å²) in [7, 11) is 1.65. The number of unbranched alkanes of at least 4 members (excludes halogenated alkanes) is 19. The minimum atomic E-state index is -4.28. The first kappa shape index (κ1) is 53.5. The van der Waals surface area contributed by atoms with Crippen molar-refractivity contribution in [3.63, 3.8) is 0 Å². The molecule has 0 bridgehead atoms. The van der Waals surface area contributed by atoms with Crippen LogP contribution in [-0.4, -0.2) is 75.6 Å². The number of likely N-dealkylation sites (N-methyl/N-ethyl adjacent to an activating group) is 1. The smallest absolute Gasteiger partial charge is 0.457 e. The first-order chi connectivity index (χ1) is 26.6. The van der Waals surface area contributed by atoms with Gasteiger partial charge in [-0.1, -0.05) is 146 Å². The number of phosphoric ester groups is 1. The number of rotatable bonds is 41. The maximum atomic E-state index is 12.7. The summed E-state index contributed by atoms with van der Waals surface area (Å²) < 4.78 is 35.0. The predicted octanol–water partition coefficient (Wildman–Crippen LogP) is 13.2. The van der Waals surface area contributed by atoms with Crippen molar-refractivity contribution in [2.75, 3.05) is 54.1 Å². The highest BCUT2D eigenvalue weighted by Crippen LogP contribution is 2.43. The molecule has 322 valence electrons. The summed E-state index contributed by atoms with van der Waals surface area (Å²) in [5, 5.41) is 0. The zero-order valence-electron chi connectivity index (χ0n) is 36.4. The number of carbonyl (C=O) groups excluding carboxylic acids is 1. The molecule has 2 unspecified atom stereocenters. The fraction of sp³-hybridized carbons (Fsp3) is 0.804. The summed E-state index contributed by atoms with van der Waals surface area (Å²) in [4.78, 5) is 22.9. The summed E-state index contributed by atoms with van der Waals surface area (Å²) >= 11 is 0. The zero-order chi connectivity index (χ0) is 40.6. The monoisotopic (exact) mass is 797 g/mol. The molecule has 0 saturated carbocycles. The number of hydrogen-bond acceptors (Lipinski definition) is 6. The molecular weight excluding hydrogens is 709 g/mol. The van der Waals surface area contributed by atoms with E-state index in [9.17, 15) is 14.3 Å². The normalized spacial score (nSPS) is 14.2. The van der Waals surface area contributed by atoms with Crippen LogP contribution in [0.25, 0.3) is 0 Å². The highest BCUT2D eigenvalue weighted by atomic mass is 31.2. The Morgan fingerprint density at radius 2 is 1.00 bits per heavy atom. The van der Waals surface area contributed by atoms with E-state index in [1.807, 2.05) is 21.1 Å². The highest BCUT2D eigenvalue weighted by Gasteiger charge is 2.26. The molecule has 0 aromatic heterocycles. The Labute approximate surface area is 339 Å². The van der Waals surface area contributed by atoms with E-state index in [0.29, 0.717) is 24.1 Å². The molecule has 0 amide bonds. The van der Waals surface area contributed by atoms with Crippen molar-refractivity contribution < 1.29 is 37.3 Å². The maximum Gasteiger partial charge on any atom is 0.472 e. The van der Waals surface area contributed by atoms with Crippen molar-refractivity contribution in [2.24, 2.45) is 0 Å². The first-order valence-electron chi connectivity index (χ1n) is 22.4. The van der Waals surface area contributed by atoms with Crippen LogP contribution in [0.5, 0.6) is 0 Å². The lowest BCUT2D eigenvalue weighted by Gasteiger charge is -2.24. The van der Waals surface area contributed by atoms with E-state index in [4.69, 9.17) is 18.5 Å². The lowest BCUT2D eigenvalue weighted by atomic mass is 10.1. The molecule has 0 aliphatic carbocycles. The molecule has 0 saturated heterocycles. The minimum absolute atomic E-state index is 0.0831. The van der Waals surface area contributed by atoms with E-state index < -0.39 is 13.9 Å². The summed E-state index contributed by atoms with van der Waals surface area (Å²) in [6.45, 7) is 5.54. The van der Waals surface area contributed by atoms with Gasteiger partial charge in [0.15, 0.2) is 0 Å². The van der Waals surface area contributed by atoms with Crippen molar-refractivity contribution in [3.05, 3.63) is 48.6 Å². The number of hydrogen-bond donors (Lipinski definition) is 1. The van der Waals surface area contributed by atoms with Gasteiger partial charge >= 0.3 is 13.8 Å². The number of nitrogens with zero attached hydrogens (tertiary/aromatic N) is 1. The molecule has 8 nitrogen and oxygen atoms in total. The number of quaternary nitrogens is 1. The summed E-state index contributed by atoms with van der Waals surface area (Å²) in [5.74, 6) is -0.331. The van der Waals surface area contributed by atoms with Crippen LogP contribution in [0.1, 0.15) is 181 Å². The van der Waals surface area contributed by atoms with Crippen molar-refractivity contribution >= 4 is 13.8 Å². The van der Waals surface area contributed by atoms with Gasteiger partial charge in [-0.25, -0.2) is 4.57 Å². The molecular formula is C46H87NO7P+. The number of allylic oxidation sites excluding steroid dienone is 8. The van der Waals surface area contributed by atoms with Gasteiger partial charge in [0.05, 0.1) is 34.4 Å². The molecule has 1 N–H and O–H groups in total. The predicted molar refractivity (Wildman–Crippen MR) is 233 cm³/mol. The van der Waals surface area contributed by atoms with Crippen molar-refractivity contribution in [1.29, 1.82) is 0 Å². The molecule has 0 spiro atoms. The summed E-state index contributed by atoms with van der Waals surface area (Å²) in [5.41, 5.74) is 0. The van der Waals surface area contributed by atoms with E-state index in [2.05, 4.69) is 62.5 Å². The fourth-order valence-corrected chi connectivity index (χ4v) is 6.59. The van der Waals surface area contributed by atoms with E-state index >= 15 is 0 Å². The quantitative estimate of drug-likeness (QED) is 0.0217. The van der Waals surface area contributed by atoms with Crippen molar-refractivity contribution in [1.82, 2.24) is 0 Å². The Hall–Kier alpha value is -1.54. The summed E-state index contributed by atoms with van der Waals surface area (Å²) in [6.07, 6.45) is 47.1. The topological polar surface area (TPSA) is 91.3 Å². The largest absolute Gasteiger partial charge is 0.472 e. The van der Waals surface area contributed by atoms with Crippen LogP contribution in [0.3, 0.4) is 0 Å². The van der Waals surface area contributed by atoms with Gasteiger partial charge in [-0.05, 0) is 77.0 Å². The molecule has 2 atom stereocenters. The maximum absolute atomic E-state index is 12.7. The van der Waals surface area contributed by atoms with Gasteiger partial charge in [0.25, 0.3) is 0 Å². The Kier molecular flexibility index (Phi) is 38.2. The van der Waals surface area contributed by atoms with Crippen molar-refractivity contribution in [2.45, 2.75) is 187 Å². The molecule has 0 heterocycles. The fourth-order valence-electron chi connectivity index (χ4n) is 5.85. The standard InChI is InChI=1S/C46H86NO7P/c1-6-8-10-12-14-16-18-20-22-23-24-26-28-30-32-34-36-38-41-51-43-45(44-53-55(49,50)52-42-40-47(3,4)5)54-46(48)39-37-35-33-31-29-27-25-21-19-17-15-13-11-9-7-2/h14-17,20-22,25,45H,6-13,18-19,23-24,26-44H2,1-5H3/p+1/b16-14-,17-15-,22-20-,25-21-. The van der Waals surface area contributed by atoms with E-state index in [1.165, 1.54) is 96.3 Å². The molecule has 0 aliphatic rings. The van der Waals surface area contributed by atoms with Gasteiger partial charge in [-0.3, -0.25) is 13.8 Å². The van der Waals surface area contributed by atoms with Gasteiger partial charge in [-0.15, -0.1) is 0 Å². The van der Waals surface area contributed by atoms with Gasteiger partial charge < -0.3 is 18.9 Å². The summed E-state index contributed by atoms with van der Waals surface area (Å²) in [6, 6.07) is 0. The Morgan fingerprint density at radius 3 is 1.47 bits per heavy atom. The van der Waals surface area contributed by atoms with E-state index in [1.54, 1.807) is 0 Å². The third kappa shape index (κ3) is 43.4. The number of ether oxygens (including phenoxy) is 2. The number of esters is 1.